The van der Waals surface area contributed by atoms with E-state index in [-0.39, 0.29) is 19.5 Å². The number of nitrogens with zero attached hydrogens (tertiary/aromatic N) is 6. The summed E-state index contributed by atoms with van der Waals surface area (Å²) in [6.45, 7) is 21.0. The van der Waals surface area contributed by atoms with Crippen molar-refractivity contribution >= 4 is 0 Å². The number of hydrogen-bond acceptors (Lipinski definition) is 6. The van der Waals surface area contributed by atoms with Gasteiger partial charge in [-0.25, -0.2) is 31.6 Å². The summed E-state index contributed by atoms with van der Waals surface area (Å²) in [6, 6.07) is 0. The van der Waals surface area contributed by atoms with E-state index in [1.165, 1.54) is 0 Å². The van der Waals surface area contributed by atoms with Crippen LogP contribution in [-0.2, 0) is 19.5 Å². The number of rotatable bonds is 0. The van der Waals surface area contributed by atoms with Gasteiger partial charge < -0.3 is 0 Å². The second kappa shape index (κ2) is 118. The average Bonchev–Trinajstić information content (AvgIpc) is 2.33. The molecule has 0 atom stereocenters. The minimum atomic E-state index is 0. The van der Waals surface area contributed by atoms with Crippen molar-refractivity contribution in [2.24, 2.45) is 0 Å². The van der Waals surface area contributed by atoms with Crippen LogP contribution in [0.4, 0.5) is 0 Å². The maximum absolute atomic E-state index is 6.50. The Labute approximate surface area is 90.8 Å². The Morgan fingerprint density at radius 1 is 0.308 bits per heavy atom. The van der Waals surface area contributed by atoms with Crippen molar-refractivity contribution in [3.63, 3.8) is 0 Å². The van der Waals surface area contributed by atoms with Crippen LogP contribution in [0, 0.1) is 71.0 Å². The molecule has 0 N–H and O–H groups in total. The first-order chi connectivity index (χ1) is 6.00. The van der Waals surface area contributed by atoms with E-state index in [2.05, 4.69) is 39.4 Å². The van der Waals surface area contributed by atoms with Crippen LogP contribution in [0.3, 0.4) is 0 Å². The first-order valence-corrected chi connectivity index (χ1v) is 1.55. The van der Waals surface area contributed by atoms with Gasteiger partial charge in [0.05, 0.1) is 0 Å². The fourth-order valence-corrected chi connectivity index (χ4v) is 0. The summed E-state index contributed by atoms with van der Waals surface area (Å²) in [7, 11) is 0. The third-order valence-electron chi connectivity index (χ3n) is 0. The first-order valence-electron chi connectivity index (χ1n) is 1.55. The zero-order chi connectivity index (χ0) is 12.0. The minimum absolute atomic E-state index is 0. The molecule has 0 rings (SSSR count). The molecule has 0 spiro atoms. The molecule has 0 aliphatic carbocycles. The van der Waals surface area contributed by atoms with Crippen molar-refractivity contribution in [2.75, 3.05) is 0 Å². The molecule has 0 radical (unpaired) electrons. The summed E-state index contributed by atoms with van der Waals surface area (Å²) < 4.78 is 0. The molecule has 0 aromatic heterocycles. The third kappa shape index (κ3) is 92.1. The zero-order valence-electron chi connectivity index (χ0n) is 6.50. The molecule has 0 fully saturated rings. The summed E-state index contributed by atoms with van der Waals surface area (Å²) in [4.78, 5) is 0. The fourth-order valence-electron chi connectivity index (χ4n) is 0. The van der Waals surface area contributed by atoms with Crippen LogP contribution in [0.5, 0.6) is 0 Å². The van der Waals surface area contributed by atoms with Crippen molar-refractivity contribution in [3.05, 3.63) is 0 Å². The Hall–Kier alpha value is -2.44. The minimum Gasteiger partial charge on any atom is -0.202 e. The standard InChI is InChI=1S/6CHN.Ru/c6*1-2;/h6*1H;. The van der Waals surface area contributed by atoms with Gasteiger partial charge in [0, 0.05) is 58.9 Å². The van der Waals surface area contributed by atoms with Crippen molar-refractivity contribution in [2.45, 2.75) is 0 Å². The maximum Gasteiger partial charge on any atom is 0.0462 e. The van der Waals surface area contributed by atoms with Gasteiger partial charge in [-0.15, -0.1) is 0 Å². The van der Waals surface area contributed by atoms with Crippen LogP contribution in [0.15, 0.2) is 0 Å². The predicted octanol–water partition coefficient (Wildman–Crippen LogP) is 0.836. The van der Waals surface area contributed by atoms with Gasteiger partial charge in [0.2, 0.25) is 0 Å². The summed E-state index contributed by atoms with van der Waals surface area (Å²) >= 11 is 0. The Balaban J connectivity index is -0.00000000655. The molecule has 0 saturated heterocycles. The molecule has 0 heterocycles. The third-order valence-corrected chi connectivity index (χ3v) is 0. The van der Waals surface area contributed by atoms with Crippen molar-refractivity contribution < 1.29 is 19.5 Å². The smallest absolute Gasteiger partial charge is 0.0462 e. The second-order valence-corrected chi connectivity index (χ2v) is 0. The molecule has 0 amide bonds. The molecule has 0 aromatic carbocycles. The van der Waals surface area contributed by atoms with Gasteiger partial charge >= 0.3 is 0 Å². The van der Waals surface area contributed by atoms with Gasteiger partial charge in [-0.05, 0) is 0 Å². The van der Waals surface area contributed by atoms with E-state index < -0.39 is 0 Å². The molecule has 7 heteroatoms. The van der Waals surface area contributed by atoms with Gasteiger partial charge in [-0.1, -0.05) is 0 Å². The van der Waals surface area contributed by atoms with E-state index in [4.69, 9.17) is 31.6 Å². The van der Waals surface area contributed by atoms with E-state index in [1.807, 2.05) is 0 Å². The SMILES string of the molecule is C#N.C#N.C#N.C#N.C#N.C#N.[Ru]. The van der Waals surface area contributed by atoms with Gasteiger partial charge in [0.25, 0.3) is 0 Å². The normalized spacial score (nSPS) is 0.923. The maximum atomic E-state index is 6.50. The van der Waals surface area contributed by atoms with Crippen molar-refractivity contribution in [1.82, 2.24) is 0 Å². The monoisotopic (exact) mass is 264 g/mol. The van der Waals surface area contributed by atoms with E-state index in [1.54, 1.807) is 0 Å². The Morgan fingerprint density at radius 3 is 0.308 bits per heavy atom. The van der Waals surface area contributed by atoms with Crippen LogP contribution in [0.25, 0.3) is 0 Å². The molecule has 0 aliphatic rings. The van der Waals surface area contributed by atoms with E-state index >= 15 is 0 Å². The molecular weight excluding hydrogens is 257 g/mol. The number of hydrogen-bond donors (Lipinski definition) is 0. The van der Waals surface area contributed by atoms with E-state index in [0.717, 1.165) is 0 Å². The molecule has 68 valence electrons. The van der Waals surface area contributed by atoms with Crippen LogP contribution in [-0.4, -0.2) is 0 Å². The number of nitriles is 6. The van der Waals surface area contributed by atoms with Gasteiger partial charge in [0.1, 0.15) is 0 Å². The van der Waals surface area contributed by atoms with Gasteiger partial charge in [0.15, 0.2) is 0 Å². The Kier molecular flexibility index (Phi) is 691. The second-order valence-electron chi connectivity index (χ2n) is 0. The van der Waals surface area contributed by atoms with E-state index in [9.17, 15) is 0 Å². The van der Waals surface area contributed by atoms with Gasteiger partial charge in [-0.3, -0.25) is 0 Å². The molecule has 0 saturated carbocycles. The van der Waals surface area contributed by atoms with Crippen LogP contribution in [0.2, 0.25) is 0 Å². The Bertz CT molecular complexity index is 92.1. The fraction of sp³-hybridized carbons (Fsp3) is 0. The quantitative estimate of drug-likeness (QED) is 0.592. The summed E-state index contributed by atoms with van der Waals surface area (Å²) in [5.74, 6) is 0. The topological polar surface area (TPSA) is 143 Å². The molecule has 0 unspecified atom stereocenters. The molecule has 0 aliphatic heterocycles. The summed E-state index contributed by atoms with van der Waals surface area (Å²) in [5, 5.41) is 39.0. The average molecular weight is 263 g/mol. The molecule has 13 heavy (non-hydrogen) atoms. The molecule has 6 nitrogen and oxygen atoms in total. The Morgan fingerprint density at radius 2 is 0.308 bits per heavy atom. The predicted molar refractivity (Wildman–Crippen MR) is 40.0 cm³/mol. The zero-order valence-corrected chi connectivity index (χ0v) is 8.24. The van der Waals surface area contributed by atoms with Crippen molar-refractivity contribution in [3.8, 4) is 39.4 Å². The summed E-state index contributed by atoms with van der Waals surface area (Å²) in [6.07, 6.45) is 0. The van der Waals surface area contributed by atoms with Gasteiger partial charge in [-0.2, -0.15) is 0 Å². The van der Waals surface area contributed by atoms with E-state index in [0.29, 0.717) is 0 Å². The van der Waals surface area contributed by atoms with Crippen LogP contribution >= 0.6 is 0 Å². The van der Waals surface area contributed by atoms with Crippen LogP contribution in [0.1, 0.15) is 0 Å². The van der Waals surface area contributed by atoms with Crippen LogP contribution < -0.4 is 0 Å². The first kappa shape index (κ1) is 76.1. The molecule has 0 aromatic rings. The molecule has 0 bridgehead atoms. The molecular formula is C6H6N6Ru. The largest absolute Gasteiger partial charge is 0.202 e. The summed E-state index contributed by atoms with van der Waals surface area (Å²) in [5.41, 5.74) is 0. The van der Waals surface area contributed by atoms with Crippen molar-refractivity contribution in [1.29, 1.82) is 31.6 Å².